The maximum Gasteiger partial charge on any atom is 0.260 e. The zero-order chi connectivity index (χ0) is 16.6. The van der Waals surface area contributed by atoms with Gasteiger partial charge < -0.3 is 15.1 Å². The number of carbonyl (C=O) groups is 1. The predicted molar refractivity (Wildman–Crippen MR) is 92.6 cm³/mol. The van der Waals surface area contributed by atoms with E-state index < -0.39 is 0 Å². The third-order valence-electron chi connectivity index (χ3n) is 3.44. The Morgan fingerprint density at radius 1 is 1.48 bits per heavy atom. The third-order valence-corrected chi connectivity index (χ3v) is 5.59. The van der Waals surface area contributed by atoms with Gasteiger partial charge in [-0.1, -0.05) is 0 Å². The minimum atomic E-state index is -0.387. The maximum absolute atomic E-state index is 12.5. The van der Waals surface area contributed by atoms with E-state index in [-0.39, 0.29) is 22.0 Å². The number of carbonyl (C=O) groups excluding carboxylic acids is 1. The van der Waals surface area contributed by atoms with Crippen molar-refractivity contribution in [3.63, 3.8) is 0 Å². The summed E-state index contributed by atoms with van der Waals surface area (Å²) in [5.74, 6) is 0.788. The molecule has 3 aromatic rings. The maximum atomic E-state index is 12.5. The highest BCUT2D eigenvalue weighted by molar-refractivity contribution is 8.00. The summed E-state index contributed by atoms with van der Waals surface area (Å²) in [7, 11) is 0. The highest BCUT2D eigenvalue weighted by Crippen LogP contribution is 2.33. The van der Waals surface area contributed by atoms with Crippen LogP contribution in [-0.4, -0.2) is 21.1 Å². The number of primary amides is 1. The van der Waals surface area contributed by atoms with Gasteiger partial charge in [-0.25, -0.2) is 4.98 Å². The highest BCUT2D eigenvalue weighted by atomic mass is 32.2. The first-order chi connectivity index (χ1) is 11.0. The number of thioether (sulfide) groups is 1. The molecule has 23 heavy (non-hydrogen) atoms. The Morgan fingerprint density at radius 3 is 2.91 bits per heavy atom. The third kappa shape index (κ3) is 3.04. The van der Waals surface area contributed by atoms with Crippen molar-refractivity contribution in [3.05, 3.63) is 40.0 Å². The molecule has 0 saturated heterocycles. The molecule has 3 N–H and O–H groups in total. The van der Waals surface area contributed by atoms with Crippen LogP contribution in [0.2, 0.25) is 0 Å². The van der Waals surface area contributed by atoms with E-state index in [1.807, 2.05) is 18.4 Å². The van der Waals surface area contributed by atoms with Gasteiger partial charge in [0.15, 0.2) is 0 Å². The molecule has 120 valence electrons. The van der Waals surface area contributed by atoms with Crippen molar-refractivity contribution >= 4 is 39.2 Å². The molecule has 6 nitrogen and oxygen atoms in total. The molecule has 1 amide bonds. The summed E-state index contributed by atoms with van der Waals surface area (Å²) in [6.45, 7) is 3.62. The second-order valence-corrected chi connectivity index (χ2v) is 7.63. The van der Waals surface area contributed by atoms with Crippen LogP contribution in [0.1, 0.15) is 24.9 Å². The van der Waals surface area contributed by atoms with E-state index in [2.05, 4.69) is 9.97 Å². The number of aromatic nitrogens is 2. The summed E-state index contributed by atoms with van der Waals surface area (Å²) in [4.78, 5) is 31.6. The molecule has 3 aromatic heterocycles. The second kappa shape index (κ2) is 6.21. The number of amides is 1. The van der Waals surface area contributed by atoms with Crippen molar-refractivity contribution in [2.75, 3.05) is 0 Å². The lowest BCUT2D eigenvalue weighted by molar-refractivity contribution is -0.117. The number of nitrogens with two attached hydrogens (primary N) is 1. The number of rotatable bonds is 5. The van der Waals surface area contributed by atoms with Crippen LogP contribution in [0.25, 0.3) is 21.5 Å². The van der Waals surface area contributed by atoms with E-state index >= 15 is 0 Å². The van der Waals surface area contributed by atoms with Crippen LogP contribution in [0.15, 0.2) is 33.0 Å². The molecule has 0 radical (unpaired) electrons. The van der Waals surface area contributed by atoms with Gasteiger partial charge in [0.05, 0.1) is 22.1 Å². The summed E-state index contributed by atoms with van der Waals surface area (Å²) in [6, 6.07) is 3.58. The van der Waals surface area contributed by atoms with Crippen molar-refractivity contribution in [1.82, 2.24) is 9.97 Å². The zero-order valence-electron chi connectivity index (χ0n) is 12.5. The highest BCUT2D eigenvalue weighted by Gasteiger charge is 2.20. The van der Waals surface area contributed by atoms with E-state index in [0.717, 1.165) is 5.56 Å². The number of hydrogen-bond acceptors (Lipinski definition) is 6. The Balaban J connectivity index is 2.00. The Kier molecular flexibility index (Phi) is 4.27. The molecule has 0 aliphatic carbocycles. The zero-order valence-corrected chi connectivity index (χ0v) is 14.2. The standard InChI is InChI=1S/C15H15N3O3S2/c1-7(12(16)19)23-8(2)13-17-14(20)11-9(6-22-15(11)18-13)10-4-3-5-21-10/h3-8H,1-2H3,(H2,16,19)(H,17,18,20). The molecule has 3 rings (SSSR count). The van der Waals surface area contributed by atoms with E-state index in [0.29, 0.717) is 21.8 Å². The van der Waals surface area contributed by atoms with Crippen molar-refractivity contribution in [2.45, 2.75) is 24.3 Å². The van der Waals surface area contributed by atoms with Gasteiger partial charge in [-0.15, -0.1) is 23.1 Å². The van der Waals surface area contributed by atoms with Crippen molar-refractivity contribution in [1.29, 1.82) is 0 Å². The van der Waals surface area contributed by atoms with E-state index in [4.69, 9.17) is 10.2 Å². The van der Waals surface area contributed by atoms with Gasteiger partial charge in [0.1, 0.15) is 16.4 Å². The van der Waals surface area contributed by atoms with E-state index in [1.54, 1.807) is 19.3 Å². The predicted octanol–water partition coefficient (Wildman–Crippen LogP) is 2.91. The summed E-state index contributed by atoms with van der Waals surface area (Å²) < 4.78 is 5.37. The van der Waals surface area contributed by atoms with Gasteiger partial charge >= 0.3 is 0 Å². The molecule has 0 bridgehead atoms. The first-order valence-corrected chi connectivity index (χ1v) is 8.79. The van der Waals surface area contributed by atoms with Crippen LogP contribution in [0, 0.1) is 0 Å². The molecule has 0 aliphatic heterocycles. The number of aromatic amines is 1. The van der Waals surface area contributed by atoms with Crippen LogP contribution in [0.4, 0.5) is 0 Å². The SMILES string of the molecule is CC(SC(C)c1nc2scc(-c3ccco3)c2c(=O)[nH]1)C(N)=O. The fourth-order valence-electron chi connectivity index (χ4n) is 2.21. The lowest BCUT2D eigenvalue weighted by Gasteiger charge is -2.13. The Bertz CT molecular complexity index is 898. The number of hydrogen-bond donors (Lipinski definition) is 2. The van der Waals surface area contributed by atoms with Crippen LogP contribution in [-0.2, 0) is 4.79 Å². The number of H-pyrrole nitrogens is 1. The second-order valence-electron chi connectivity index (χ2n) is 5.08. The Morgan fingerprint density at radius 2 is 2.26 bits per heavy atom. The monoisotopic (exact) mass is 349 g/mol. The lowest BCUT2D eigenvalue weighted by Crippen LogP contribution is -2.24. The van der Waals surface area contributed by atoms with Crippen molar-refractivity contribution in [3.8, 4) is 11.3 Å². The summed E-state index contributed by atoms with van der Waals surface area (Å²) >= 11 is 2.75. The first kappa shape index (κ1) is 15.8. The Hall–Kier alpha value is -2.06. The number of fused-ring (bicyclic) bond motifs is 1. The van der Waals surface area contributed by atoms with Crippen LogP contribution >= 0.6 is 23.1 Å². The Labute approximate surface area is 140 Å². The summed E-state index contributed by atoms with van der Waals surface area (Å²) in [5, 5.41) is 1.88. The topological polar surface area (TPSA) is 102 Å². The number of nitrogens with zero attached hydrogens (tertiary/aromatic N) is 1. The van der Waals surface area contributed by atoms with Gasteiger partial charge in [0.25, 0.3) is 5.56 Å². The summed E-state index contributed by atoms with van der Waals surface area (Å²) in [5.41, 5.74) is 5.81. The molecule has 8 heteroatoms. The van der Waals surface area contributed by atoms with Gasteiger partial charge in [0, 0.05) is 10.9 Å². The van der Waals surface area contributed by atoms with Crippen LogP contribution in [0.5, 0.6) is 0 Å². The number of thiophene rings is 1. The molecule has 3 heterocycles. The quantitative estimate of drug-likeness (QED) is 0.737. The molecule has 0 aromatic carbocycles. The van der Waals surface area contributed by atoms with Crippen molar-refractivity contribution < 1.29 is 9.21 Å². The first-order valence-electron chi connectivity index (χ1n) is 6.97. The van der Waals surface area contributed by atoms with Gasteiger partial charge in [-0.3, -0.25) is 9.59 Å². The van der Waals surface area contributed by atoms with Crippen LogP contribution < -0.4 is 11.3 Å². The van der Waals surface area contributed by atoms with Gasteiger partial charge in [0.2, 0.25) is 5.91 Å². The average molecular weight is 349 g/mol. The molecule has 0 aliphatic rings. The molecule has 0 saturated carbocycles. The molecule has 0 fully saturated rings. The summed E-state index contributed by atoms with van der Waals surface area (Å²) in [6.07, 6.45) is 1.57. The van der Waals surface area contributed by atoms with Gasteiger partial charge in [-0.2, -0.15) is 0 Å². The van der Waals surface area contributed by atoms with E-state index in [1.165, 1.54) is 23.1 Å². The molecular weight excluding hydrogens is 334 g/mol. The minimum absolute atomic E-state index is 0.149. The van der Waals surface area contributed by atoms with E-state index in [9.17, 15) is 9.59 Å². The molecule has 2 atom stereocenters. The average Bonchev–Trinajstić information content (AvgIpc) is 3.15. The lowest BCUT2D eigenvalue weighted by atomic mass is 10.2. The smallest absolute Gasteiger partial charge is 0.260 e. The number of furan rings is 1. The molecular formula is C15H15N3O3S2. The van der Waals surface area contributed by atoms with Crippen LogP contribution in [0.3, 0.4) is 0 Å². The fourth-order valence-corrected chi connectivity index (χ4v) is 4.13. The van der Waals surface area contributed by atoms with Crippen molar-refractivity contribution in [2.24, 2.45) is 5.73 Å². The number of nitrogens with one attached hydrogen (secondary N) is 1. The molecule has 2 unspecified atom stereocenters. The fraction of sp³-hybridized carbons (Fsp3) is 0.267. The van der Waals surface area contributed by atoms with Gasteiger partial charge in [-0.05, 0) is 26.0 Å². The normalized spacial score (nSPS) is 14.0. The largest absolute Gasteiger partial charge is 0.464 e. The minimum Gasteiger partial charge on any atom is -0.464 e. The molecule has 0 spiro atoms.